The zero-order valence-electron chi connectivity index (χ0n) is 15.8. The van der Waals surface area contributed by atoms with Crippen molar-refractivity contribution >= 4 is 47.0 Å². The third kappa shape index (κ3) is 3.56. The first-order valence-electron chi connectivity index (χ1n) is 9.35. The second-order valence-electron chi connectivity index (χ2n) is 6.95. The van der Waals surface area contributed by atoms with Gasteiger partial charge in [-0.2, -0.15) is 4.68 Å². The lowest BCUT2D eigenvalue weighted by atomic mass is 10.3. The molecule has 9 nitrogen and oxygen atoms in total. The Bertz CT molecular complexity index is 1240. The number of nitrogens with zero attached hydrogens (tertiary/aromatic N) is 9. The smallest absolute Gasteiger partial charge is 0.250 e. The van der Waals surface area contributed by atoms with Crippen LogP contribution in [-0.2, 0) is 6.67 Å². The number of pyridine rings is 1. The summed E-state index contributed by atoms with van der Waals surface area (Å²) in [7, 11) is 0. The molecule has 0 aliphatic carbocycles. The zero-order valence-corrected chi connectivity index (χ0v) is 18.1. The highest BCUT2D eigenvalue weighted by molar-refractivity contribution is 7.71. The van der Waals surface area contributed by atoms with Gasteiger partial charge in [0, 0.05) is 32.4 Å². The van der Waals surface area contributed by atoms with Gasteiger partial charge in [0.25, 0.3) is 0 Å². The zero-order chi connectivity index (χ0) is 20.7. The minimum Gasteiger partial charge on any atom is -0.337 e. The summed E-state index contributed by atoms with van der Waals surface area (Å²) in [5.74, 6) is 0.742. The molecule has 30 heavy (non-hydrogen) atoms. The first kappa shape index (κ1) is 19.4. The highest BCUT2D eigenvalue weighted by Crippen LogP contribution is 2.22. The van der Waals surface area contributed by atoms with Crippen LogP contribution in [0.3, 0.4) is 0 Å². The lowest BCUT2D eigenvalue weighted by Gasteiger charge is -2.34. The van der Waals surface area contributed by atoms with Crippen LogP contribution in [0.5, 0.6) is 0 Å². The van der Waals surface area contributed by atoms with Crippen LogP contribution in [0.15, 0.2) is 42.6 Å². The summed E-state index contributed by atoms with van der Waals surface area (Å²) in [6.07, 6.45) is 1.73. The van der Waals surface area contributed by atoms with Gasteiger partial charge in [0.2, 0.25) is 10.7 Å². The fraction of sp³-hybridized carbons (Fsp3) is 0.278. The number of fused-ring (bicyclic) bond motifs is 1. The summed E-state index contributed by atoms with van der Waals surface area (Å²) in [5.41, 5.74) is 1.54. The molecule has 1 saturated heterocycles. The van der Waals surface area contributed by atoms with E-state index in [9.17, 15) is 0 Å². The van der Waals surface area contributed by atoms with Gasteiger partial charge < -0.3 is 4.90 Å². The number of halogens is 2. The van der Waals surface area contributed by atoms with Crippen molar-refractivity contribution in [3.05, 3.63) is 57.4 Å². The van der Waals surface area contributed by atoms with Gasteiger partial charge >= 0.3 is 0 Å². The Hall–Kier alpha value is -2.53. The molecule has 0 saturated carbocycles. The van der Waals surface area contributed by atoms with Gasteiger partial charge in [0.05, 0.1) is 22.4 Å². The van der Waals surface area contributed by atoms with Gasteiger partial charge in [-0.1, -0.05) is 46.5 Å². The Balaban J connectivity index is 1.31. The minimum absolute atomic E-state index is 0.477. The number of hydrogen-bond donors (Lipinski definition) is 0. The predicted molar refractivity (Wildman–Crippen MR) is 117 cm³/mol. The maximum Gasteiger partial charge on any atom is 0.250 e. The van der Waals surface area contributed by atoms with Crippen LogP contribution in [0, 0.1) is 4.77 Å². The van der Waals surface area contributed by atoms with Crippen LogP contribution < -0.4 is 4.90 Å². The van der Waals surface area contributed by atoms with E-state index in [1.54, 1.807) is 26.0 Å². The fourth-order valence-electron chi connectivity index (χ4n) is 3.53. The maximum atomic E-state index is 6.26. The Morgan fingerprint density at radius 3 is 2.57 bits per heavy atom. The molecule has 12 heteroatoms. The van der Waals surface area contributed by atoms with E-state index in [1.165, 1.54) is 0 Å². The van der Waals surface area contributed by atoms with Gasteiger partial charge in [-0.3, -0.25) is 9.30 Å². The van der Waals surface area contributed by atoms with Crippen molar-refractivity contribution in [3.63, 3.8) is 0 Å². The van der Waals surface area contributed by atoms with Crippen LogP contribution in [0.25, 0.3) is 11.3 Å². The second-order valence-corrected chi connectivity index (χ2v) is 8.16. The Labute approximate surface area is 187 Å². The van der Waals surface area contributed by atoms with Gasteiger partial charge in [0.1, 0.15) is 0 Å². The van der Waals surface area contributed by atoms with Gasteiger partial charge in [0.15, 0.2) is 5.65 Å². The normalized spacial score (nSPS) is 15.2. The van der Waals surface area contributed by atoms with Crippen molar-refractivity contribution in [1.82, 2.24) is 39.3 Å². The Morgan fingerprint density at radius 1 is 1.03 bits per heavy atom. The van der Waals surface area contributed by atoms with Crippen molar-refractivity contribution in [3.8, 4) is 5.69 Å². The lowest BCUT2D eigenvalue weighted by Crippen LogP contribution is -2.47. The molecule has 0 radical (unpaired) electrons. The summed E-state index contributed by atoms with van der Waals surface area (Å²) >= 11 is 17.9. The van der Waals surface area contributed by atoms with Gasteiger partial charge in [-0.25, -0.2) is 4.68 Å². The van der Waals surface area contributed by atoms with Crippen LogP contribution >= 0.6 is 35.4 Å². The number of hydrogen-bond acceptors (Lipinski definition) is 7. The molecular formula is C18H17Cl2N9S. The van der Waals surface area contributed by atoms with E-state index in [1.807, 2.05) is 30.3 Å². The van der Waals surface area contributed by atoms with E-state index >= 15 is 0 Å². The molecule has 1 aliphatic rings. The molecular weight excluding hydrogens is 445 g/mol. The van der Waals surface area contributed by atoms with E-state index in [-0.39, 0.29) is 0 Å². The molecule has 0 amide bonds. The number of tetrazole rings is 1. The number of rotatable bonds is 4. The lowest BCUT2D eigenvalue weighted by molar-refractivity contribution is 0.194. The predicted octanol–water partition coefficient (Wildman–Crippen LogP) is 2.93. The van der Waals surface area contributed by atoms with E-state index < -0.39 is 0 Å². The number of benzene rings is 1. The topological polar surface area (TPSA) is 72.3 Å². The Kier molecular flexibility index (Phi) is 5.15. The number of para-hydroxylation sites is 1. The highest BCUT2D eigenvalue weighted by Gasteiger charge is 2.23. The molecule has 154 valence electrons. The van der Waals surface area contributed by atoms with Gasteiger partial charge in [-0.15, -0.1) is 5.10 Å². The SMILES string of the molecule is S=c1n(CN2CCN(c3nnnn3-c3ccccc3)CC2)nc2c(Cl)cc(Cl)cn12. The average Bonchev–Trinajstić information content (AvgIpc) is 3.36. The number of anilines is 1. The molecule has 0 bridgehead atoms. The first-order chi connectivity index (χ1) is 14.6. The highest BCUT2D eigenvalue weighted by atomic mass is 35.5. The monoisotopic (exact) mass is 461 g/mol. The maximum absolute atomic E-state index is 6.26. The quantitative estimate of drug-likeness (QED) is 0.432. The molecule has 4 heterocycles. The van der Waals surface area contributed by atoms with Gasteiger partial charge in [-0.05, 0) is 40.8 Å². The molecule has 1 fully saturated rings. The van der Waals surface area contributed by atoms with E-state index in [4.69, 9.17) is 35.4 Å². The molecule has 1 aromatic carbocycles. The summed E-state index contributed by atoms with van der Waals surface area (Å²) < 4.78 is 5.84. The Morgan fingerprint density at radius 2 is 1.80 bits per heavy atom. The molecule has 3 aromatic heterocycles. The van der Waals surface area contributed by atoms with Crippen molar-refractivity contribution < 1.29 is 0 Å². The van der Waals surface area contributed by atoms with Crippen LogP contribution in [0.2, 0.25) is 10.0 Å². The number of aromatic nitrogens is 7. The standard InChI is InChI=1S/C18H17Cl2N9S/c19-13-10-15(20)16-22-28(18(30)27(16)11-13)12-25-6-8-26(9-7-25)17-21-23-24-29(17)14-4-2-1-3-5-14/h1-5,10-11H,6-9,12H2. The van der Waals surface area contributed by atoms with E-state index in [0.29, 0.717) is 27.1 Å². The van der Waals surface area contributed by atoms with E-state index in [0.717, 1.165) is 37.8 Å². The summed E-state index contributed by atoms with van der Waals surface area (Å²) in [4.78, 5) is 4.47. The molecule has 0 unspecified atom stereocenters. The van der Waals surface area contributed by atoms with Crippen molar-refractivity contribution in [2.75, 3.05) is 31.1 Å². The molecule has 4 aromatic rings. The van der Waals surface area contributed by atoms with Crippen molar-refractivity contribution in [2.24, 2.45) is 0 Å². The van der Waals surface area contributed by atoms with Crippen LogP contribution in [0.1, 0.15) is 0 Å². The first-order valence-corrected chi connectivity index (χ1v) is 10.5. The van der Waals surface area contributed by atoms with Crippen LogP contribution in [0.4, 0.5) is 5.95 Å². The third-order valence-corrected chi connectivity index (χ3v) is 5.94. The van der Waals surface area contributed by atoms with E-state index in [2.05, 4.69) is 30.4 Å². The molecule has 0 atom stereocenters. The van der Waals surface area contributed by atoms with Crippen LogP contribution in [-0.4, -0.2) is 65.5 Å². The molecule has 0 spiro atoms. The minimum atomic E-state index is 0.477. The average molecular weight is 462 g/mol. The second kappa shape index (κ2) is 7.95. The molecule has 0 N–H and O–H groups in total. The number of piperazine rings is 1. The molecule has 5 rings (SSSR count). The summed E-state index contributed by atoms with van der Waals surface area (Å²) in [5, 5.41) is 17.8. The molecule has 1 aliphatic heterocycles. The third-order valence-electron chi connectivity index (χ3n) is 5.04. The summed E-state index contributed by atoms with van der Waals surface area (Å²) in [6, 6.07) is 11.5. The fourth-order valence-corrected chi connectivity index (χ4v) is 4.28. The largest absolute Gasteiger partial charge is 0.337 e. The van der Waals surface area contributed by atoms with Crippen molar-refractivity contribution in [1.29, 1.82) is 0 Å². The van der Waals surface area contributed by atoms with Crippen molar-refractivity contribution in [2.45, 2.75) is 6.67 Å². The summed E-state index contributed by atoms with van der Waals surface area (Å²) in [6.45, 7) is 3.81.